The zero-order valence-corrected chi connectivity index (χ0v) is 15.2. The number of anilines is 1. The summed E-state index contributed by atoms with van der Waals surface area (Å²) < 4.78 is 0.986. The molecule has 1 heterocycles. The minimum atomic E-state index is -2.00. The molecule has 0 fully saturated rings. The van der Waals surface area contributed by atoms with Gasteiger partial charge >= 0.3 is 0 Å². The number of benzene rings is 2. The molecule has 1 unspecified atom stereocenters. The Labute approximate surface area is 155 Å². The van der Waals surface area contributed by atoms with Gasteiger partial charge in [0.2, 0.25) is 0 Å². The minimum absolute atomic E-state index is 0.142. The van der Waals surface area contributed by atoms with Crippen molar-refractivity contribution in [3.05, 3.63) is 61.1 Å². The Morgan fingerprint density at radius 2 is 1.87 bits per heavy atom. The van der Waals surface area contributed by atoms with Gasteiger partial charge in [0.25, 0.3) is 5.91 Å². The average molecular weight is 462 g/mol. The second kappa shape index (κ2) is 6.05. The van der Waals surface area contributed by atoms with Crippen LogP contribution in [-0.2, 0) is 10.4 Å². The molecule has 1 atom stereocenters. The number of fused-ring (bicyclic) bond motifs is 1. The molecule has 2 N–H and O–H groups in total. The van der Waals surface area contributed by atoms with E-state index in [4.69, 9.17) is 23.2 Å². The second-order valence-electron chi connectivity index (χ2n) is 5.23. The van der Waals surface area contributed by atoms with Gasteiger partial charge in [-0.05, 0) is 46.9 Å². The molecule has 1 aliphatic heterocycles. The summed E-state index contributed by atoms with van der Waals surface area (Å²) in [6.07, 6.45) is -0.395. The number of hydrogen-bond donors (Lipinski definition) is 2. The lowest BCUT2D eigenvalue weighted by atomic mass is 9.88. The maximum absolute atomic E-state index is 12.4. The highest BCUT2D eigenvalue weighted by atomic mass is 127. The summed E-state index contributed by atoms with van der Waals surface area (Å²) in [5, 5.41) is 13.8. The first kappa shape index (κ1) is 16.7. The van der Waals surface area contributed by atoms with E-state index in [2.05, 4.69) is 27.9 Å². The number of nitrogens with one attached hydrogen (secondary N) is 1. The van der Waals surface area contributed by atoms with Gasteiger partial charge in [0.15, 0.2) is 11.4 Å². The zero-order valence-electron chi connectivity index (χ0n) is 11.6. The van der Waals surface area contributed by atoms with Crippen LogP contribution in [0.3, 0.4) is 0 Å². The fourth-order valence-corrected chi connectivity index (χ4v) is 3.58. The molecule has 23 heavy (non-hydrogen) atoms. The van der Waals surface area contributed by atoms with Crippen LogP contribution >= 0.6 is 45.8 Å². The third kappa shape index (κ3) is 2.98. The number of halogens is 3. The Balaban J connectivity index is 1.98. The number of Topliss-reactive ketones (excluding diaryl/α,β-unsaturated/α-hetero) is 1. The van der Waals surface area contributed by atoms with Crippen molar-refractivity contribution in [2.24, 2.45) is 0 Å². The van der Waals surface area contributed by atoms with Gasteiger partial charge in [-0.1, -0.05) is 35.3 Å². The molecule has 4 nitrogen and oxygen atoms in total. The third-order valence-corrected chi connectivity index (χ3v) is 4.91. The fraction of sp³-hybridized carbons (Fsp3) is 0.125. The van der Waals surface area contributed by atoms with Crippen molar-refractivity contribution in [1.82, 2.24) is 0 Å². The van der Waals surface area contributed by atoms with Gasteiger partial charge in [-0.25, -0.2) is 0 Å². The van der Waals surface area contributed by atoms with Crippen molar-refractivity contribution < 1.29 is 14.7 Å². The molecule has 0 saturated heterocycles. The first-order valence-corrected chi connectivity index (χ1v) is 8.47. The maximum atomic E-state index is 12.4. The molecule has 0 bridgehead atoms. The maximum Gasteiger partial charge on any atom is 0.261 e. The van der Waals surface area contributed by atoms with E-state index in [-0.39, 0.29) is 16.4 Å². The van der Waals surface area contributed by atoms with Crippen LogP contribution in [0.25, 0.3) is 0 Å². The van der Waals surface area contributed by atoms with Crippen molar-refractivity contribution in [3.8, 4) is 0 Å². The lowest BCUT2D eigenvalue weighted by Crippen LogP contribution is -2.36. The van der Waals surface area contributed by atoms with Gasteiger partial charge in [-0.15, -0.1) is 0 Å². The van der Waals surface area contributed by atoms with E-state index in [1.165, 1.54) is 12.1 Å². The summed E-state index contributed by atoms with van der Waals surface area (Å²) in [5.41, 5.74) is -1.07. The molecule has 118 valence electrons. The summed E-state index contributed by atoms with van der Waals surface area (Å²) in [7, 11) is 0. The minimum Gasteiger partial charge on any atom is -0.375 e. The Kier molecular flexibility index (Phi) is 4.39. The summed E-state index contributed by atoms with van der Waals surface area (Å²) >= 11 is 14.2. The molecule has 2 aromatic carbocycles. The van der Waals surface area contributed by atoms with E-state index in [0.29, 0.717) is 16.3 Å². The van der Waals surface area contributed by atoms with Crippen LogP contribution in [0.4, 0.5) is 5.69 Å². The molecular formula is C16H10Cl2INO3. The highest BCUT2D eigenvalue weighted by Gasteiger charge is 2.48. The van der Waals surface area contributed by atoms with E-state index >= 15 is 0 Å². The van der Waals surface area contributed by atoms with Gasteiger partial charge in [-0.2, -0.15) is 0 Å². The van der Waals surface area contributed by atoms with Crippen molar-refractivity contribution in [2.75, 3.05) is 5.32 Å². The summed E-state index contributed by atoms with van der Waals surface area (Å²) in [4.78, 5) is 24.7. The Morgan fingerprint density at radius 3 is 2.52 bits per heavy atom. The molecule has 2 aromatic rings. The standard InChI is InChI=1S/C16H10Cl2INO3/c17-9-5-11(18)14-12(6-9)20-15(22)16(14,23)7-13(21)8-1-3-10(19)4-2-8/h1-6,23H,7H2,(H,20,22). The van der Waals surface area contributed by atoms with E-state index in [1.54, 1.807) is 24.3 Å². The van der Waals surface area contributed by atoms with E-state index in [0.717, 1.165) is 3.57 Å². The summed E-state index contributed by atoms with van der Waals surface area (Å²) in [5.74, 6) is -1.03. The Bertz CT molecular complexity index is 823. The predicted octanol–water partition coefficient (Wildman–Crippen LogP) is 4.01. The molecule has 1 amide bonds. The number of rotatable bonds is 3. The summed E-state index contributed by atoms with van der Waals surface area (Å²) in [6.45, 7) is 0. The highest BCUT2D eigenvalue weighted by molar-refractivity contribution is 14.1. The fourth-order valence-electron chi connectivity index (χ4n) is 2.57. The van der Waals surface area contributed by atoms with E-state index < -0.39 is 17.9 Å². The number of amides is 1. The molecule has 0 spiro atoms. The Morgan fingerprint density at radius 1 is 1.22 bits per heavy atom. The first-order valence-electron chi connectivity index (χ1n) is 6.63. The molecule has 0 aromatic heterocycles. The van der Waals surface area contributed by atoms with Gasteiger partial charge in [0.05, 0.1) is 17.1 Å². The van der Waals surface area contributed by atoms with Gasteiger partial charge in [-0.3, -0.25) is 9.59 Å². The van der Waals surface area contributed by atoms with Crippen LogP contribution in [0, 0.1) is 3.57 Å². The molecule has 1 aliphatic rings. The number of aliphatic hydroxyl groups is 1. The lowest BCUT2D eigenvalue weighted by molar-refractivity contribution is -0.133. The number of carbonyl (C=O) groups excluding carboxylic acids is 2. The van der Waals surface area contributed by atoms with Crippen LogP contribution in [0.1, 0.15) is 22.3 Å². The molecule has 3 rings (SSSR count). The molecular weight excluding hydrogens is 452 g/mol. The van der Waals surface area contributed by atoms with Crippen LogP contribution in [-0.4, -0.2) is 16.8 Å². The topological polar surface area (TPSA) is 66.4 Å². The largest absolute Gasteiger partial charge is 0.375 e. The van der Waals surface area contributed by atoms with Crippen molar-refractivity contribution in [1.29, 1.82) is 0 Å². The normalized spacial score (nSPS) is 19.4. The first-order chi connectivity index (χ1) is 10.8. The summed E-state index contributed by atoms with van der Waals surface area (Å²) in [6, 6.07) is 9.81. The molecule has 0 radical (unpaired) electrons. The Hall–Kier alpha value is -1.15. The van der Waals surface area contributed by atoms with Gasteiger partial charge in [0, 0.05) is 19.7 Å². The van der Waals surface area contributed by atoms with E-state index in [1.807, 2.05) is 0 Å². The van der Waals surface area contributed by atoms with Gasteiger partial charge < -0.3 is 10.4 Å². The monoisotopic (exact) mass is 461 g/mol. The van der Waals surface area contributed by atoms with Gasteiger partial charge in [0.1, 0.15) is 0 Å². The van der Waals surface area contributed by atoms with Crippen molar-refractivity contribution in [2.45, 2.75) is 12.0 Å². The number of ketones is 1. The quantitative estimate of drug-likeness (QED) is 0.536. The predicted molar refractivity (Wildman–Crippen MR) is 97.1 cm³/mol. The average Bonchev–Trinajstić information content (AvgIpc) is 2.70. The van der Waals surface area contributed by atoms with Crippen molar-refractivity contribution >= 4 is 63.2 Å². The number of carbonyl (C=O) groups is 2. The number of hydrogen-bond acceptors (Lipinski definition) is 3. The highest BCUT2D eigenvalue weighted by Crippen LogP contribution is 2.44. The zero-order chi connectivity index (χ0) is 16.8. The van der Waals surface area contributed by atoms with Crippen LogP contribution in [0.5, 0.6) is 0 Å². The van der Waals surface area contributed by atoms with Crippen molar-refractivity contribution in [3.63, 3.8) is 0 Å². The molecule has 0 aliphatic carbocycles. The SMILES string of the molecule is O=C(CC1(O)C(=O)Nc2cc(Cl)cc(Cl)c21)c1ccc(I)cc1. The third-order valence-electron chi connectivity index (χ3n) is 3.68. The van der Waals surface area contributed by atoms with Crippen LogP contribution in [0.2, 0.25) is 10.0 Å². The van der Waals surface area contributed by atoms with E-state index in [9.17, 15) is 14.7 Å². The lowest BCUT2D eigenvalue weighted by Gasteiger charge is -2.21. The smallest absolute Gasteiger partial charge is 0.261 e. The van der Waals surface area contributed by atoms with Crippen LogP contribution < -0.4 is 5.32 Å². The molecule has 7 heteroatoms. The second-order valence-corrected chi connectivity index (χ2v) is 7.32. The molecule has 0 saturated carbocycles. The van der Waals surface area contributed by atoms with Crippen LogP contribution in [0.15, 0.2) is 36.4 Å².